The van der Waals surface area contributed by atoms with Gasteiger partial charge in [-0.3, -0.25) is 9.59 Å². The van der Waals surface area contributed by atoms with E-state index >= 15 is 0 Å². The lowest BCUT2D eigenvalue weighted by molar-refractivity contribution is 0.0952. The summed E-state index contributed by atoms with van der Waals surface area (Å²) in [5.41, 5.74) is 5.64. The van der Waals surface area contributed by atoms with Crippen LogP contribution >= 0.6 is 0 Å². The van der Waals surface area contributed by atoms with E-state index in [0.717, 1.165) is 45.1 Å². The van der Waals surface area contributed by atoms with Crippen molar-refractivity contribution in [2.45, 2.75) is 53.1 Å². The molecule has 1 aliphatic heterocycles. The van der Waals surface area contributed by atoms with Crippen LogP contribution in [0.1, 0.15) is 66.0 Å². The molecule has 0 fully saturated rings. The van der Waals surface area contributed by atoms with Gasteiger partial charge in [-0.1, -0.05) is 19.4 Å². The molecule has 0 saturated heterocycles. The van der Waals surface area contributed by atoms with Gasteiger partial charge in [-0.25, -0.2) is 4.68 Å². The Labute approximate surface area is 199 Å². The lowest BCUT2D eigenvalue weighted by Gasteiger charge is -2.17. The van der Waals surface area contributed by atoms with Crippen molar-refractivity contribution in [2.24, 2.45) is 0 Å². The third kappa shape index (κ3) is 4.38. The van der Waals surface area contributed by atoms with Crippen LogP contribution < -0.4 is 22.0 Å². The molecule has 3 aromatic rings. The number of nitrogens with two attached hydrogens (primary N) is 1. The van der Waals surface area contributed by atoms with Gasteiger partial charge >= 0.3 is 0 Å². The quantitative estimate of drug-likeness (QED) is 0.469. The maximum absolute atomic E-state index is 13.5. The third-order valence-corrected chi connectivity index (χ3v) is 6.39. The number of amides is 1. The molecule has 1 amide bonds. The van der Waals surface area contributed by atoms with Crippen LogP contribution in [0.5, 0.6) is 0 Å². The average molecular weight is 460 g/mol. The standard InChI is InChI=1S/C27H33N5O2/c1-5-7-19-12-18(4)32(28)27(34)24(19)16-30-26(33)23-13-21(20-8-6-10-29-15-20)14-25-22(23)9-11-31(25)17(2)3/h6,8-14,17,29H,5,7,15-16,28H2,1-4H3,(H,30,33). The summed E-state index contributed by atoms with van der Waals surface area (Å²) in [6.07, 6.45) is 9.62. The van der Waals surface area contributed by atoms with Gasteiger partial charge in [-0.2, -0.15) is 0 Å². The summed E-state index contributed by atoms with van der Waals surface area (Å²) in [6, 6.07) is 8.27. The molecular formula is C27H33N5O2. The Balaban J connectivity index is 1.73. The topological polar surface area (TPSA) is 94.1 Å². The van der Waals surface area contributed by atoms with Gasteiger partial charge in [-0.15, -0.1) is 0 Å². The number of pyridine rings is 1. The van der Waals surface area contributed by atoms with E-state index in [0.29, 0.717) is 23.4 Å². The minimum absolute atomic E-state index is 0.133. The van der Waals surface area contributed by atoms with Crippen LogP contribution in [0, 0.1) is 6.92 Å². The first kappa shape index (κ1) is 23.4. The summed E-state index contributed by atoms with van der Waals surface area (Å²) >= 11 is 0. The molecule has 0 saturated carbocycles. The first-order chi connectivity index (χ1) is 16.3. The largest absolute Gasteiger partial charge is 0.387 e. The van der Waals surface area contributed by atoms with E-state index in [2.05, 4.69) is 48.1 Å². The number of fused-ring (bicyclic) bond motifs is 1. The van der Waals surface area contributed by atoms with Crippen LogP contribution in [0.25, 0.3) is 16.5 Å². The molecule has 7 heteroatoms. The van der Waals surface area contributed by atoms with Gasteiger partial charge in [0.05, 0.1) is 0 Å². The van der Waals surface area contributed by atoms with E-state index in [4.69, 9.17) is 5.84 Å². The van der Waals surface area contributed by atoms with Crippen LogP contribution in [0.3, 0.4) is 0 Å². The number of allylic oxidation sites excluding steroid dienone is 2. The number of carbonyl (C=O) groups is 1. The lowest BCUT2D eigenvalue weighted by Crippen LogP contribution is -2.36. The fourth-order valence-corrected chi connectivity index (χ4v) is 4.54. The van der Waals surface area contributed by atoms with Gasteiger partial charge in [0.15, 0.2) is 0 Å². The number of nitrogens with zero attached hydrogens (tertiary/aromatic N) is 2. The Morgan fingerprint density at radius 3 is 2.74 bits per heavy atom. The molecule has 3 heterocycles. The van der Waals surface area contributed by atoms with Crippen LogP contribution in [0.2, 0.25) is 0 Å². The minimum Gasteiger partial charge on any atom is -0.387 e. The Hall–Kier alpha value is -3.74. The van der Waals surface area contributed by atoms with Crippen molar-refractivity contribution in [3.05, 3.63) is 87.1 Å². The van der Waals surface area contributed by atoms with Crippen LogP contribution in [-0.4, -0.2) is 21.7 Å². The van der Waals surface area contributed by atoms with E-state index in [-0.39, 0.29) is 24.1 Å². The van der Waals surface area contributed by atoms with Crippen LogP contribution in [-0.2, 0) is 13.0 Å². The van der Waals surface area contributed by atoms with E-state index < -0.39 is 0 Å². The Kier molecular flexibility index (Phi) is 6.63. The predicted molar refractivity (Wildman–Crippen MR) is 138 cm³/mol. The monoisotopic (exact) mass is 459 g/mol. The fourth-order valence-electron chi connectivity index (χ4n) is 4.54. The number of hydrogen-bond acceptors (Lipinski definition) is 4. The molecule has 0 unspecified atom stereocenters. The number of aromatic nitrogens is 2. The van der Waals surface area contributed by atoms with Crippen molar-refractivity contribution in [1.82, 2.24) is 19.9 Å². The molecule has 7 nitrogen and oxygen atoms in total. The van der Waals surface area contributed by atoms with Crippen LogP contribution in [0.15, 0.2) is 53.6 Å². The predicted octanol–water partition coefficient (Wildman–Crippen LogP) is 3.79. The highest BCUT2D eigenvalue weighted by atomic mass is 16.2. The number of nitrogen functional groups attached to an aromatic ring is 1. The Morgan fingerprint density at radius 2 is 2.06 bits per heavy atom. The number of hydrogen-bond donors (Lipinski definition) is 3. The first-order valence-corrected chi connectivity index (χ1v) is 11.8. The molecule has 0 bridgehead atoms. The average Bonchev–Trinajstić information content (AvgIpc) is 3.27. The molecule has 34 heavy (non-hydrogen) atoms. The van der Waals surface area contributed by atoms with Gasteiger partial charge in [0.1, 0.15) is 0 Å². The third-order valence-electron chi connectivity index (χ3n) is 6.39. The maximum Gasteiger partial charge on any atom is 0.274 e. The van der Waals surface area contributed by atoms with Crippen molar-refractivity contribution in [1.29, 1.82) is 0 Å². The molecule has 0 radical (unpaired) electrons. The summed E-state index contributed by atoms with van der Waals surface area (Å²) in [5, 5.41) is 7.13. The highest BCUT2D eigenvalue weighted by molar-refractivity contribution is 6.08. The van der Waals surface area contributed by atoms with Gasteiger partial charge in [-0.05, 0) is 80.4 Å². The van der Waals surface area contributed by atoms with E-state index in [1.165, 1.54) is 0 Å². The number of benzene rings is 1. The van der Waals surface area contributed by atoms with Gasteiger partial charge in [0.25, 0.3) is 11.5 Å². The molecule has 4 rings (SSSR count). The smallest absolute Gasteiger partial charge is 0.274 e. The zero-order valence-corrected chi connectivity index (χ0v) is 20.3. The summed E-state index contributed by atoms with van der Waals surface area (Å²) in [7, 11) is 0. The normalized spacial score (nSPS) is 13.3. The zero-order chi connectivity index (χ0) is 24.4. The van der Waals surface area contributed by atoms with E-state index in [9.17, 15) is 9.59 Å². The van der Waals surface area contributed by atoms with Crippen molar-refractivity contribution >= 4 is 22.4 Å². The van der Waals surface area contributed by atoms with Gasteiger partial charge in [0, 0.05) is 53.1 Å². The second-order valence-corrected chi connectivity index (χ2v) is 9.10. The van der Waals surface area contributed by atoms with Crippen molar-refractivity contribution < 1.29 is 4.79 Å². The minimum atomic E-state index is -0.265. The number of carbonyl (C=O) groups excluding carboxylic acids is 1. The molecule has 1 aliphatic rings. The highest BCUT2D eigenvalue weighted by Crippen LogP contribution is 2.29. The molecule has 4 N–H and O–H groups in total. The summed E-state index contributed by atoms with van der Waals surface area (Å²) in [4.78, 5) is 26.3. The van der Waals surface area contributed by atoms with Crippen molar-refractivity contribution in [2.75, 3.05) is 12.4 Å². The molecule has 0 spiro atoms. The maximum atomic E-state index is 13.5. The van der Waals surface area contributed by atoms with Gasteiger partial charge in [0.2, 0.25) is 0 Å². The summed E-state index contributed by atoms with van der Waals surface area (Å²) < 4.78 is 3.33. The number of nitrogens with one attached hydrogen (secondary N) is 2. The second kappa shape index (κ2) is 9.63. The summed E-state index contributed by atoms with van der Waals surface area (Å²) in [6.45, 7) is 8.96. The van der Waals surface area contributed by atoms with Gasteiger partial charge < -0.3 is 21.0 Å². The molecule has 0 aliphatic carbocycles. The number of rotatable bonds is 7. The Morgan fingerprint density at radius 1 is 1.26 bits per heavy atom. The molecule has 2 aromatic heterocycles. The molecular weight excluding hydrogens is 426 g/mol. The second-order valence-electron chi connectivity index (χ2n) is 9.10. The summed E-state index contributed by atoms with van der Waals surface area (Å²) in [5.74, 6) is 5.74. The van der Waals surface area contributed by atoms with E-state index in [1.807, 2.05) is 43.6 Å². The zero-order valence-electron chi connectivity index (χ0n) is 20.3. The fraction of sp³-hybridized carbons (Fsp3) is 0.333. The first-order valence-electron chi connectivity index (χ1n) is 11.8. The highest BCUT2D eigenvalue weighted by Gasteiger charge is 2.19. The molecule has 178 valence electrons. The molecule has 0 atom stereocenters. The van der Waals surface area contributed by atoms with Crippen molar-refractivity contribution in [3.63, 3.8) is 0 Å². The SMILES string of the molecule is CCCc1cc(C)n(N)c(=O)c1CNC(=O)c1cc(C2=CC=CNC2)cc2c1ccn2C(C)C. The number of aryl methyl sites for hydroxylation is 2. The number of dihydropyridines is 1. The lowest BCUT2D eigenvalue weighted by atomic mass is 9.98. The van der Waals surface area contributed by atoms with Crippen LogP contribution in [0.4, 0.5) is 0 Å². The molecule has 1 aromatic carbocycles. The van der Waals surface area contributed by atoms with Crippen molar-refractivity contribution in [3.8, 4) is 0 Å². The Bertz CT molecular complexity index is 1360. The van der Waals surface area contributed by atoms with E-state index in [1.54, 1.807) is 0 Å².